The molecule has 1 rings (SSSR count). The highest BCUT2D eigenvalue weighted by molar-refractivity contribution is 4.67. The number of hydrogen-bond donors (Lipinski definition) is 0. The molecule has 3 atom stereocenters. The van der Waals surface area contributed by atoms with Gasteiger partial charge < -0.3 is 18.7 Å². The van der Waals surface area contributed by atoms with Crippen molar-refractivity contribution < 1.29 is 18.7 Å². The van der Waals surface area contributed by atoms with Gasteiger partial charge in [0.05, 0.1) is 38.9 Å². The van der Waals surface area contributed by atoms with Crippen LogP contribution in [0.15, 0.2) is 0 Å². The maximum absolute atomic E-state index is 5.97. The lowest BCUT2D eigenvalue weighted by Gasteiger charge is -2.48. The summed E-state index contributed by atoms with van der Waals surface area (Å²) in [6.07, 6.45) is 28.9. The first-order valence-electron chi connectivity index (χ1n) is 17.7. The fourth-order valence-corrected chi connectivity index (χ4v) is 6.39. The molecule has 0 bridgehead atoms. The van der Waals surface area contributed by atoms with Crippen LogP contribution in [0.1, 0.15) is 163 Å². The second kappa shape index (κ2) is 25.5. The second-order valence-corrected chi connectivity index (χ2v) is 12.9. The molecule has 1 aliphatic rings. The summed E-state index contributed by atoms with van der Waals surface area (Å²) in [6, 6.07) is 1.65. The summed E-state index contributed by atoms with van der Waals surface area (Å²) in [7, 11) is 2.49. The number of unbranched alkanes of at least 4 members (excludes halogenated alkanes) is 16. The number of ether oxygens (including phenoxy) is 3. The Morgan fingerprint density at radius 2 is 1.00 bits per heavy atom. The minimum atomic E-state index is 0.0770. The van der Waals surface area contributed by atoms with Crippen molar-refractivity contribution >= 4 is 0 Å². The first kappa shape index (κ1) is 36.9. The van der Waals surface area contributed by atoms with Crippen LogP contribution < -0.4 is 0 Å². The number of hydrogen-bond acceptors (Lipinski definition) is 3. The Balaban J connectivity index is 1.90. The van der Waals surface area contributed by atoms with E-state index in [1.54, 1.807) is 0 Å². The molecule has 4 heteroatoms. The van der Waals surface area contributed by atoms with Crippen molar-refractivity contribution in [3.63, 3.8) is 0 Å². The molecule has 0 N–H and O–H groups in total. The Bertz CT molecular complexity index is 504. The molecule has 0 aromatic carbocycles. The summed E-state index contributed by atoms with van der Waals surface area (Å²) in [4.78, 5) is 0. The number of rotatable bonds is 28. The molecule has 3 unspecified atom stereocenters. The highest BCUT2D eigenvalue weighted by Crippen LogP contribution is 2.30. The highest BCUT2D eigenvalue weighted by atomic mass is 16.6. The van der Waals surface area contributed by atoms with E-state index in [-0.39, 0.29) is 6.10 Å². The topological polar surface area (TPSA) is 27.7 Å². The molecule has 1 aliphatic heterocycles. The highest BCUT2D eigenvalue weighted by Gasteiger charge is 2.37. The molecule has 1 saturated heterocycles. The zero-order valence-corrected chi connectivity index (χ0v) is 27.5. The van der Waals surface area contributed by atoms with Crippen LogP contribution in [0.3, 0.4) is 0 Å². The van der Waals surface area contributed by atoms with Crippen LogP contribution in [-0.2, 0) is 14.2 Å². The quantitative estimate of drug-likeness (QED) is 0.0711. The molecule has 1 heterocycles. The molecule has 39 heavy (non-hydrogen) atoms. The van der Waals surface area contributed by atoms with Crippen molar-refractivity contribution in [1.82, 2.24) is 0 Å². The number of piperidine rings is 1. The van der Waals surface area contributed by atoms with E-state index in [0.29, 0.717) is 13.2 Å². The maximum Gasteiger partial charge on any atom is 0.104 e. The molecule has 4 nitrogen and oxygen atoms in total. The summed E-state index contributed by atoms with van der Waals surface area (Å²) in [6.45, 7) is 14.4. The van der Waals surface area contributed by atoms with Crippen LogP contribution in [0, 0.1) is 0 Å². The van der Waals surface area contributed by atoms with Crippen LogP contribution in [0.25, 0.3) is 0 Å². The van der Waals surface area contributed by atoms with Gasteiger partial charge in [0.25, 0.3) is 0 Å². The molecule has 0 aromatic heterocycles. The van der Waals surface area contributed by atoms with Crippen LogP contribution in [0.5, 0.6) is 0 Å². The standard InChI is InChI=1S/C35H72NO3/c1-6-8-9-10-11-12-13-14-15-16-17-18-20-23-29-37-31-35(39-7-2)32-38-30-24-21-19-22-28-36(5)33(3)26-25-27-34(36)4/h33-35H,6-32H2,1-5H3/q+1. The molecule has 0 spiro atoms. The lowest BCUT2D eigenvalue weighted by molar-refractivity contribution is -0.958. The van der Waals surface area contributed by atoms with Crippen molar-refractivity contribution in [1.29, 1.82) is 0 Å². The molecule has 0 radical (unpaired) electrons. The third-order valence-corrected chi connectivity index (χ3v) is 9.59. The van der Waals surface area contributed by atoms with Gasteiger partial charge in [-0.1, -0.05) is 96.8 Å². The van der Waals surface area contributed by atoms with Gasteiger partial charge in [0, 0.05) is 19.8 Å². The van der Waals surface area contributed by atoms with Gasteiger partial charge in [0.2, 0.25) is 0 Å². The molecule has 234 valence electrons. The number of likely N-dealkylation sites (tertiary alicyclic amines) is 1. The maximum atomic E-state index is 5.97. The van der Waals surface area contributed by atoms with Crippen molar-refractivity contribution in [2.45, 2.75) is 181 Å². The van der Waals surface area contributed by atoms with Crippen LogP contribution in [0.4, 0.5) is 0 Å². The third-order valence-electron chi connectivity index (χ3n) is 9.59. The second-order valence-electron chi connectivity index (χ2n) is 12.9. The van der Waals surface area contributed by atoms with Gasteiger partial charge in [-0.25, -0.2) is 0 Å². The van der Waals surface area contributed by atoms with Gasteiger partial charge in [-0.3, -0.25) is 0 Å². The third kappa shape index (κ3) is 18.8. The summed E-state index contributed by atoms with van der Waals surface area (Å²) in [5, 5.41) is 0. The SMILES string of the molecule is CCCCCCCCCCCCCCCCOCC(COCCCCCC[N+]1(C)C(C)CCCC1C)OCC. The monoisotopic (exact) mass is 555 g/mol. The number of nitrogens with zero attached hydrogens (tertiary/aromatic N) is 1. The smallest absolute Gasteiger partial charge is 0.104 e. The van der Waals surface area contributed by atoms with Crippen molar-refractivity contribution in [2.24, 2.45) is 0 Å². The van der Waals surface area contributed by atoms with Crippen molar-refractivity contribution in [3.05, 3.63) is 0 Å². The summed E-state index contributed by atoms with van der Waals surface area (Å²) in [5.74, 6) is 0. The van der Waals surface area contributed by atoms with E-state index in [1.807, 2.05) is 0 Å². The molecule has 0 aromatic rings. The molecule has 0 amide bonds. The minimum absolute atomic E-state index is 0.0770. The Hall–Kier alpha value is -0.160. The van der Waals surface area contributed by atoms with E-state index in [2.05, 4.69) is 34.7 Å². The largest absolute Gasteiger partial charge is 0.379 e. The molecular formula is C35H72NO3+. The van der Waals surface area contributed by atoms with Crippen molar-refractivity contribution in [2.75, 3.05) is 46.6 Å². The molecule has 1 fully saturated rings. The van der Waals surface area contributed by atoms with E-state index in [1.165, 1.54) is 139 Å². The van der Waals surface area contributed by atoms with Gasteiger partial charge in [-0.15, -0.1) is 0 Å². The van der Waals surface area contributed by atoms with Crippen LogP contribution >= 0.6 is 0 Å². The van der Waals surface area contributed by atoms with Gasteiger partial charge in [-0.2, -0.15) is 0 Å². The molecule has 0 saturated carbocycles. The Morgan fingerprint density at radius 1 is 0.590 bits per heavy atom. The van der Waals surface area contributed by atoms with E-state index in [0.717, 1.165) is 38.3 Å². The zero-order chi connectivity index (χ0) is 28.4. The average molecular weight is 555 g/mol. The summed E-state index contributed by atoms with van der Waals surface area (Å²) < 4.78 is 19.1. The van der Waals surface area contributed by atoms with Crippen LogP contribution in [0.2, 0.25) is 0 Å². The first-order valence-corrected chi connectivity index (χ1v) is 17.7. The normalized spacial score (nSPS) is 22.4. The average Bonchev–Trinajstić information content (AvgIpc) is 2.93. The minimum Gasteiger partial charge on any atom is -0.379 e. The Kier molecular flexibility index (Phi) is 24.1. The Labute approximate surface area is 245 Å². The van der Waals surface area contributed by atoms with E-state index < -0.39 is 0 Å². The van der Waals surface area contributed by atoms with E-state index in [4.69, 9.17) is 14.2 Å². The molecular weight excluding hydrogens is 482 g/mol. The van der Waals surface area contributed by atoms with Gasteiger partial charge in [0.1, 0.15) is 6.10 Å². The Morgan fingerprint density at radius 3 is 1.44 bits per heavy atom. The van der Waals surface area contributed by atoms with Gasteiger partial charge in [0.15, 0.2) is 0 Å². The predicted octanol–water partition coefficient (Wildman–Crippen LogP) is 9.87. The van der Waals surface area contributed by atoms with E-state index in [9.17, 15) is 0 Å². The van der Waals surface area contributed by atoms with Crippen LogP contribution in [-0.4, -0.2) is 69.3 Å². The lowest BCUT2D eigenvalue weighted by Crippen LogP contribution is -2.59. The summed E-state index contributed by atoms with van der Waals surface area (Å²) >= 11 is 0. The zero-order valence-electron chi connectivity index (χ0n) is 27.5. The van der Waals surface area contributed by atoms with Crippen molar-refractivity contribution in [3.8, 4) is 0 Å². The lowest BCUT2D eigenvalue weighted by atomic mass is 9.93. The van der Waals surface area contributed by atoms with Gasteiger partial charge in [-0.05, 0) is 65.7 Å². The summed E-state index contributed by atoms with van der Waals surface area (Å²) in [5.41, 5.74) is 0. The van der Waals surface area contributed by atoms with E-state index >= 15 is 0 Å². The fourth-order valence-electron chi connectivity index (χ4n) is 6.39. The molecule has 0 aliphatic carbocycles. The fraction of sp³-hybridized carbons (Fsp3) is 1.00. The predicted molar refractivity (Wildman–Crippen MR) is 170 cm³/mol. The first-order chi connectivity index (χ1) is 19.0. The number of quaternary nitrogens is 1. The van der Waals surface area contributed by atoms with Gasteiger partial charge >= 0.3 is 0 Å².